The van der Waals surface area contributed by atoms with Crippen molar-refractivity contribution in [2.24, 2.45) is 0 Å². The molecule has 11 heavy (non-hydrogen) atoms. The van der Waals surface area contributed by atoms with Crippen LogP contribution in [0.5, 0.6) is 0 Å². The number of rotatable bonds is 2. The summed E-state index contributed by atoms with van der Waals surface area (Å²) in [6, 6.07) is 0.638. The van der Waals surface area contributed by atoms with Crippen molar-refractivity contribution in [3.05, 3.63) is 23.9 Å². The fourth-order valence-corrected chi connectivity index (χ4v) is 0.577. The van der Waals surface area contributed by atoms with Crippen molar-refractivity contribution in [1.82, 2.24) is 4.98 Å². The van der Waals surface area contributed by atoms with Gasteiger partial charge in [-0.3, -0.25) is 4.79 Å². The number of nitrogens with one attached hydrogen (secondary N) is 1. The number of anilines is 1. The van der Waals surface area contributed by atoms with E-state index < -0.39 is 11.6 Å². The molecule has 1 aromatic rings. The predicted octanol–water partition coefficient (Wildman–Crippen LogP) is 0.928. The van der Waals surface area contributed by atoms with Gasteiger partial charge in [0, 0.05) is 6.07 Å². The molecule has 0 radical (unpaired) electrons. The Labute approximate surface area is 61.1 Å². The number of hydrogen-bond donors (Lipinski definition) is 1. The predicted molar refractivity (Wildman–Crippen MR) is 33.8 cm³/mol. The third-order valence-corrected chi connectivity index (χ3v) is 1.00. The summed E-state index contributed by atoms with van der Waals surface area (Å²) in [5.41, 5.74) is 0. The molecule has 0 aromatic carbocycles. The van der Waals surface area contributed by atoms with Crippen LogP contribution in [0.1, 0.15) is 0 Å². The Bertz CT molecular complexity index is 277. The molecule has 0 aliphatic heterocycles. The summed E-state index contributed by atoms with van der Waals surface area (Å²) in [7, 11) is 0. The van der Waals surface area contributed by atoms with Gasteiger partial charge >= 0.3 is 0 Å². The quantitative estimate of drug-likeness (QED) is 0.650. The third kappa shape index (κ3) is 1.70. The smallest absolute Gasteiger partial charge is 0.212 e. The molecule has 0 aliphatic carbocycles. The van der Waals surface area contributed by atoms with Gasteiger partial charge in [-0.1, -0.05) is 0 Å². The molecule has 1 amide bonds. The van der Waals surface area contributed by atoms with Gasteiger partial charge in [-0.15, -0.1) is 0 Å². The number of hydrogen-bond acceptors (Lipinski definition) is 2. The summed E-state index contributed by atoms with van der Waals surface area (Å²) in [6.45, 7) is 0. The standard InChI is InChI=1S/C6H4F2N2O/c7-4-1-5(8)6(9-2-4)10-3-11/h1-3H,(H,9,10,11). The van der Waals surface area contributed by atoms with E-state index in [0.717, 1.165) is 6.20 Å². The lowest BCUT2D eigenvalue weighted by atomic mass is 10.4. The second-order valence-corrected chi connectivity index (χ2v) is 1.75. The summed E-state index contributed by atoms with van der Waals surface area (Å²) in [4.78, 5) is 13.1. The molecular weight excluding hydrogens is 154 g/mol. The maximum atomic E-state index is 12.5. The van der Waals surface area contributed by atoms with Crippen LogP contribution in [0.2, 0.25) is 0 Å². The van der Waals surface area contributed by atoms with E-state index in [1.165, 1.54) is 0 Å². The average Bonchev–Trinajstić information content (AvgIpc) is 1.95. The Morgan fingerprint density at radius 3 is 2.82 bits per heavy atom. The van der Waals surface area contributed by atoms with E-state index in [1.807, 2.05) is 5.32 Å². The molecule has 1 rings (SSSR count). The number of halogens is 2. The zero-order valence-electron chi connectivity index (χ0n) is 5.34. The van der Waals surface area contributed by atoms with Crippen LogP contribution >= 0.6 is 0 Å². The first kappa shape index (κ1) is 7.59. The first-order valence-electron chi connectivity index (χ1n) is 2.75. The fourth-order valence-electron chi connectivity index (χ4n) is 0.577. The van der Waals surface area contributed by atoms with Gasteiger partial charge in [0.25, 0.3) is 0 Å². The van der Waals surface area contributed by atoms with E-state index in [2.05, 4.69) is 4.98 Å². The van der Waals surface area contributed by atoms with Crippen LogP contribution in [0.25, 0.3) is 0 Å². The zero-order valence-corrected chi connectivity index (χ0v) is 5.34. The van der Waals surface area contributed by atoms with Crippen molar-refractivity contribution < 1.29 is 13.6 Å². The molecule has 58 valence electrons. The number of nitrogens with zero attached hydrogens (tertiary/aromatic N) is 1. The van der Waals surface area contributed by atoms with E-state index in [1.54, 1.807) is 0 Å². The van der Waals surface area contributed by atoms with Crippen LogP contribution in [0.3, 0.4) is 0 Å². The van der Waals surface area contributed by atoms with E-state index in [9.17, 15) is 13.6 Å². The highest BCUT2D eigenvalue weighted by atomic mass is 19.1. The molecule has 0 aliphatic rings. The number of carbonyl (C=O) groups is 1. The number of carbonyl (C=O) groups excluding carboxylic acids is 1. The summed E-state index contributed by atoms with van der Waals surface area (Å²) in [5, 5.41) is 1.97. The van der Waals surface area contributed by atoms with Crippen molar-refractivity contribution in [1.29, 1.82) is 0 Å². The van der Waals surface area contributed by atoms with Crippen molar-refractivity contribution >= 4 is 12.2 Å². The van der Waals surface area contributed by atoms with Crippen molar-refractivity contribution in [3.63, 3.8) is 0 Å². The van der Waals surface area contributed by atoms with Crippen LogP contribution in [0, 0.1) is 11.6 Å². The fraction of sp³-hybridized carbons (Fsp3) is 0. The normalized spacial score (nSPS) is 9.27. The number of amides is 1. The van der Waals surface area contributed by atoms with E-state index >= 15 is 0 Å². The minimum Gasteiger partial charge on any atom is -0.311 e. The minimum atomic E-state index is -0.892. The van der Waals surface area contributed by atoms with Crippen LogP contribution < -0.4 is 5.32 Å². The molecule has 0 saturated carbocycles. The van der Waals surface area contributed by atoms with Crippen LogP contribution in [-0.2, 0) is 4.79 Å². The Morgan fingerprint density at radius 2 is 2.27 bits per heavy atom. The minimum absolute atomic E-state index is 0.267. The lowest BCUT2D eigenvalue weighted by molar-refractivity contribution is -0.105. The molecule has 1 heterocycles. The largest absolute Gasteiger partial charge is 0.311 e. The van der Waals surface area contributed by atoms with Crippen molar-refractivity contribution in [2.45, 2.75) is 0 Å². The van der Waals surface area contributed by atoms with Crippen LogP contribution in [-0.4, -0.2) is 11.4 Å². The first-order chi connectivity index (χ1) is 5.24. The number of aromatic nitrogens is 1. The molecule has 0 unspecified atom stereocenters. The highest BCUT2D eigenvalue weighted by molar-refractivity contribution is 5.68. The second-order valence-electron chi connectivity index (χ2n) is 1.75. The summed E-state index contributed by atoms with van der Waals surface area (Å²) in [5.74, 6) is -1.95. The molecule has 0 atom stereocenters. The second kappa shape index (κ2) is 3.05. The molecule has 0 spiro atoms. The van der Waals surface area contributed by atoms with Gasteiger partial charge in [0.05, 0.1) is 6.20 Å². The van der Waals surface area contributed by atoms with Gasteiger partial charge in [-0.25, -0.2) is 13.8 Å². The van der Waals surface area contributed by atoms with Gasteiger partial charge < -0.3 is 5.32 Å². The summed E-state index contributed by atoms with van der Waals surface area (Å²) in [6.07, 6.45) is 1.08. The monoisotopic (exact) mass is 158 g/mol. The summed E-state index contributed by atoms with van der Waals surface area (Å²) < 4.78 is 24.7. The van der Waals surface area contributed by atoms with Gasteiger partial charge in [0.1, 0.15) is 5.82 Å². The van der Waals surface area contributed by atoms with Crippen molar-refractivity contribution in [3.8, 4) is 0 Å². The molecule has 5 heteroatoms. The lowest BCUT2D eigenvalue weighted by Gasteiger charge is -1.97. The van der Waals surface area contributed by atoms with Crippen LogP contribution in [0.4, 0.5) is 14.6 Å². The van der Waals surface area contributed by atoms with Gasteiger partial charge in [-0.05, 0) is 0 Å². The van der Waals surface area contributed by atoms with Gasteiger partial charge in [0.2, 0.25) is 6.41 Å². The Kier molecular flexibility index (Phi) is 2.10. The summed E-state index contributed by atoms with van der Waals surface area (Å²) >= 11 is 0. The lowest BCUT2D eigenvalue weighted by Crippen LogP contribution is -2.00. The third-order valence-electron chi connectivity index (χ3n) is 1.00. The Morgan fingerprint density at radius 1 is 1.55 bits per heavy atom. The highest BCUT2D eigenvalue weighted by Crippen LogP contribution is 2.09. The molecule has 0 saturated heterocycles. The van der Waals surface area contributed by atoms with E-state index in [-0.39, 0.29) is 12.2 Å². The van der Waals surface area contributed by atoms with E-state index in [4.69, 9.17) is 0 Å². The average molecular weight is 158 g/mol. The van der Waals surface area contributed by atoms with E-state index in [0.29, 0.717) is 6.07 Å². The Hall–Kier alpha value is -1.52. The maximum absolute atomic E-state index is 12.5. The van der Waals surface area contributed by atoms with Crippen molar-refractivity contribution in [2.75, 3.05) is 5.32 Å². The van der Waals surface area contributed by atoms with Crippen LogP contribution in [0.15, 0.2) is 12.3 Å². The molecule has 1 aromatic heterocycles. The molecule has 3 nitrogen and oxygen atoms in total. The molecule has 1 N–H and O–H groups in total. The SMILES string of the molecule is O=CNc1ncc(F)cc1F. The molecule has 0 bridgehead atoms. The maximum Gasteiger partial charge on any atom is 0.212 e. The first-order valence-corrected chi connectivity index (χ1v) is 2.75. The topological polar surface area (TPSA) is 42.0 Å². The molecular formula is C6H4F2N2O. The van der Waals surface area contributed by atoms with Gasteiger partial charge in [-0.2, -0.15) is 0 Å². The highest BCUT2D eigenvalue weighted by Gasteiger charge is 2.02. The number of pyridine rings is 1. The van der Waals surface area contributed by atoms with Gasteiger partial charge in [0.15, 0.2) is 11.6 Å². The Balaban J connectivity index is 2.98. The molecule has 0 fully saturated rings. The zero-order chi connectivity index (χ0) is 8.27.